The van der Waals surface area contributed by atoms with E-state index in [1.165, 1.54) is 32.1 Å². The highest BCUT2D eigenvalue weighted by molar-refractivity contribution is 6.33. The molecule has 1 amide bonds. The smallest absolute Gasteiger partial charge is 0.296 e. The molecule has 9 heteroatoms. The molecule has 0 unspecified atom stereocenters. The fourth-order valence-electron chi connectivity index (χ4n) is 5.15. The van der Waals surface area contributed by atoms with Gasteiger partial charge in [0.1, 0.15) is 17.4 Å². The summed E-state index contributed by atoms with van der Waals surface area (Å²) >= 11 is 6.54. The van der Waals surface area contributed by atoms with Gasteiger partial charge in [0, 0.05) is 31.4 Å². The van der Waals surface area contributed by atoms with Gasteiger partial charge in [-0.2, -0.15) is 0 Å². The maximum absolute atomic E-state index is 12.9. The number of ether oxygens (including phenoxy) is 2. The SMILES string of the molecule is Cc1ccc(OCC2CCOCC2)cc1-c1cc(NC(=O)c2n[nH]c(CC3CCCCC3)n2)ncc1Cl. The van der Waals surface area contributed by atoms with Crippen molar-refractivity contribution >= 4 is 23.3 Å². The van der Waals surface area contributed by atoms with Crippen LogP contribution in [0.25, 0.3) is 11.1 Å². The van der Waals surface area contributed by atoms with Crippen LogP contribution in [0.2, 0.25) is 5.02 Å². The summed E-state index contributed by atoms with van der Waals surface area (Å²) in [5, 5.41) is 10.4. The lowest BCUT2D eigenvalue weighted by Gasteiger charge is -2.22. The van der Waals surface area contributed by atoms with Crippen LogP contribution in [-0.2, 0) is 11.2 Å². The molecular weight excluding hydrogens is 490 g/mol. The monoisotopic (exact) mass is 523 g/mol. The first kappa shape index (κ1) is 25.7. The van der Waals surface area contributed by atoms with Crippen molar-refractivity contribution in [2.75, 3.05) is 25.1 Å². The van der Waals surface area contributed by atoms with Gasteiger partial charge in [-0.25, -0.2) is 9.97 Å². The average molecular weight is 524 g/mol. The molecule has 1 saturated carbocycles. The van der Waals surface area contributed by atoms with E-state index < -0.39 is 5.91 Å². The van der Waals surface area contributed by atoms with Gasteiger partial charge in [-0.3, -0.25) is 9.89 Å². The number of aromatic nitrogens is 4. The Morgan fingerprint density at radius 1 is 1.11 bits per heavy atom. The summed E-state index contributed by atoms with van der Waals surface area (Å²) in [6, 6.07) is 7.77. The summed E-state index contributed by atoms with van der Waals surface area (Å²) < 4.78 is 11.5. The van der Waals surface area contributed by atoms with E-state index in [9.17, 15) is 4.79 Å². The van der Waals surface area contributed by atoms with Crippen LogP contribution in [0.3, 0.4) is 0 Å². The molecule has 8 nitrogen and oxygen atoms in total. The first-order valence-electron chi connectivity index (χ1n) is 13.2. The number of benzene rings is 1. The first-order valence-corrected chi connectivity index (χ1v) is 13.6. The van der Waals surface area contributed by atoms with E-state index in [2.05, 4.69) is 25.5 Å². The first-order chi connectivity index (χ1) is 18.0. The number of hydrogen-bond acceptors (Lipinski definition) is 6. The molecule has 1 aliphatic heterocycles. The van der Waals surface area contributed by atoms with E-state index in [-0.39, 0.29) is 5.82 Å². The molecule has 0 spiro atoms. The van der Waals surface area contributed by atoms with E-state index >= 15 is 0 Å². The molecule has 2 fully saturated rings. The molecule has 196 valence electrons. The Hall–Kier alpha value is -2.97. The van der Waals surface area contributed by atoms with Gasteiger partial charge in [0.15, 0.2) is 0 Å². The standard InChI is InChI=1S/C28H34ClN5O3/c1-18-7-8-21(37-17-20-9-11-36-12-10-20)14-22(18)23-15-25(30-16-24(23)29)32-28(35)27-31-26(33-34-27)13-19-5-3-2-4-6-19/h7-8,14-16,19-20H,2-6,9-13,17H2,1H3,(H,30,32,35)(H,31,33,34). The predicted molar refractivity (Wildman–Crippen MR) is 143 cm³/mol. The summed E-state index contributed by atoms with van der Waals surface area (Å²) in [6.07, 6.45) is 10.7. The predicted octanol–water partition coefficient (Wildman–Crippen LogP) is 6.01. The van der Waals surface area contributed by atoms with Crippen LogP contribution in [0.4, 0.5) is 5.82 Å². The summed E-state index contributed by atoms with van der Waals surface area (Å²) in [5.74, 6) is 2.75. The number of rotatable bonds is 8. The highest BCUT2D eigenvalue weighted by Gasteiger charge is 2.20. The minimum atomic E-state index is -0.405. The number of nitrogens with zero attached hydrogens (tertiary/aromatic N) is 3. The Bertz CT molecular complexity index is 1220. The molecule has 2 aromatic heterocycles. The Balaban J connectivity index is 1.27. The van der Waals surface area contributed by atoms with Gasteiger partial charge in [0.05, 0.1) is 11.6 Å². The highest BCUT2D eigenvalue weighted by atomic mass is 35.5. The zero-order chi connectivity index (χ0) is 25.6. The zero-order valence-electron chi connectivity index (χ0n) is 21.3. The average Bonchev–Trinajstić information content (AvgIpc) is 3.39. The summed E-state index contributed by atoms with van der Waals surface area (Å²) in [6.45, 7) is 4.28. The summed E-state index contributed by atoms with van der Waals surface area (Å²) in [5.41, 5.74) is 2.75. The van der Waals surface area contributed by atoms with Gasteiger partial charge in [-0.05, 0) is 60.9 Å². The van der Waals surface area contributed by atoms with Crippen LogP contribution >= 0.6 is 11.6 Å². The number of H-pyrrole nitrogens is 1. The van der Waals surface area contributed by atoms with E-state index in [1.807, 2.05) is 25.1 Å². The minimum Gasteiger partial charge on any atom is -0.493 e. The van der Waals surface area contributed by atoms with Gasteiger partial charge in [0.25, 0.3) is 5.91 Å². The second kappa shape index (κ2) is 12.0. The maximum Gasteiger partial charge on any atom is 0.296 e. The van der Waals surface area contributed by atoms with Crippen molar-refractivity contribution in [2.45, 2.75) is 58.3 Å². The van der Waals surface area contributed by atoms with Crippen molar-refractivity contribution in [3.8, 4) is 16.9 Å². The lowest BCUT2D eigenvalue weighted by molar-refractivity contribution is 0.0497. The number of carbonyl (C=O) groups excluding carboxylic acids is 1. The van der Waals surface area contributed by atoms with Crippen molar-refractivity contribution in [1.82, 2.24) is 20.2 Å². The van der Waals surface area contributed by atoms with E-state index in [1.54, 1.807) is 12.3 Å². The Morgan fingerprint density at radius 3 is 2.73 bits per heavy atom. The van der Waals surface area contributed by atoms with Crippen molar-refractivity contribution in [3.63, 3.8) is 0 Å². The summed E-state index contributed by atoms with van der Waals surface area (Å²) in [7, 11) is 0. The molecular formula is C28H34ClN5O3. The van der Waals surface area contributed by atoms with Crippen LogP contribution in [-0.4, -0.2) is 45.9 Å². The molecule has 2 N–H and O–H groups in total. The largest absolute Gasteiger partial charge is 0.493 e. The molecule has 0 radical (unpaired) electrons. The number of nitrogens with one attached hydrogen (secondary N) is 2. The molecule has 3 heterocycles. The molecule has 2 aliphatic rings. The van der Waals surface area contributed by atoms with E-state index in [0.29, 0.717) is 29.3 Å². The lowest BCUT2D eigenvalue weighted by atomic mass is 9.87. The van der Waals surface area contributed by atoms with Crippen molar-refractivity contribution in [1.29, 1.82) is 0 Å². The number of amides is 1. The van der Waals surface area contributed by atoms with Crippen molar-refractivity contribution < 1.29 is 14.3 Å². The topological polar surface area (TPSA) is 102 Å². The lowest BCUT2D eigenvalue weighted by Crippen LogP contribution is -2.21. The van der Waals surface area contributed by atoms with Gasteiger partial charge >= 0.3 is 0 Å². The number of aryl methyl sites for hydroxylation is 1. The molecule has 3 aromatic rings. The maximum atomic E-state index is 12.9. The zero-order valence-corrected chi connectivity index (χ0v) is 22.0. The molecule has 1 aliphatic carbocycles. The number of carbonyl (C=O) groups is 1. The van der Waals surface area contributed by atoms with Crippen LogP contribution in [0.5, 0.6) is 5.75 Å². The van der Waals surface area contributed by atoms with Crippen LogP contribution < -0.4 is 10.1 Å². The third-order valence-corrected chi connectivity index (χ3v) is 7.67. The highest BCUT2D eigenvalue weighted by Crippen LogP contribution is 2.34. The Labute approximate surface area is 222 Å². The molecule has 5 rings (SSSR count). The Morgan fingerprint density at radius 2 is 1.92 bits per heavy atom. The van der Waals surface area contributed by atoms with Crippen LogP contribution in [0.15, 0.2) is 30.5 Å². The van der Waals surface area contributed by atoms with Gasteiger partial charge in [0.2, 0.25) is 5.82 Å². The van der Waals surface area contributed by atoms with E-state index in [4.69, 9.17) is 21.1 Å². The second-order valence-electron chi connectivity index (χ2n) is 10.2. The third-order valence-electron chi connectivity index (χ3n) is 7.36. The molecule has 1 aromatic carbocycles. The number of hydrogen-bond donors (Lipinski definition) is 2. The Kier molecular flexibility index (Phi) is 8.36. The molecule has 1 saturated heterocycles. The van der Waals surface area contributed by atoms with E-state index in [0.717, 1.165) is 60.7 Å². The summed E-state index contributed by atoms with van der Waals surface area (Å²) in [4.78, 5) is 21.6. The van der Waals surface area contributed by atoms with Gasteiger partial charge < -0.3 is 14.8 Å². The molecule has 0 bridgehead atoms. The van der Waals surface area contributed by atoms with Crippen LogP contribution in [0.1, 0.15) is 67.0 Å². The third kappa shape index (κ3) is 6.67. The van der Waals surface area contributed by atoms with Crippen LogP contribution in [0, 0.1) is 18.8 Å². The number of pyridine rings is 1. The van der Waals surface area contributed by atoms with Gasteiger partial charge in [-0.1, -0.05) is 49.8 Å². The number of anilines is 1. The van der Waals surface area contributed by atoms with Crippen molar-refractivity contribution in [3.05, 3.63) is 52.7 Å². The number of aromatic amines is 1. The molecule has 0 atom stereocenters. The normalized spacial score (nSPS) is 17.0. The second-order valence-corrected chi connectivity index (χ2v) is 10.6. The van der Waals surface area contributed by atoms with Gasteiger partial charge in [-0.15, -0.1) is 5.10 Å². The molecule has 37 heavy (non-hydrogen) atoms. The van der Waals surface area contributed by atoms with Crippen molar-refractivity contribution in [2.24, 2.45) is 11.8 Å². The number of halogens is 1. The fourth-order valence-corrected chi connectivity index (χ4v) is 5.35. The quantitative estimate of drug-likeness (QED) is 0.375. The fraction of sp³-hybridized carbons (Fsp3) is 0.500. The minimum absolute atomic E-state index is 0.115.